The standard InChI is InChI=1S/C11H21NO4S2/c1-4-18(14,15)10-8-17-6-5-12(10)7-11(13)16-9(2)3/h9-10H,4-8H2,1-3H3. The Morgan fingerprint density at radius 3 is 2.72 bits per heavy atom. The average molecular weight is 295 g/mol. The van der Waals surface area contributed by atoms with E-state index >= 15 is 0 Å². The van der Waals surface area contributed by atoms with Crippen molar-refractivity contribution in [1.82, 2.24) is 4.90 Å². The Balaban J connectivity index is 2.69. The second kappa shape index (κ2) is 6.77. The van der Waals surface area contributed by atoms with Gasteiger partial charge in [0.2, 0.25) is 0 Å². The molecule has 0 N–H and O–H groups in total. The molecule has 0 aromatic rings. The normalized spacial score (nSPS) is 22.1. The van der Waals surface area contributed by atoms with E-state index in [1.54, 1.807) is 37.4 Å². The molecular formula is C11H21NO4S2. The number of ether oxygens (including phenoxy) is 1. The van der Waals surface area contributed by atoms with Gasteiger partial charge in [-0.25, -0.2) is 8.42 Å². The van der Waals surface area contributed by atoms with Crippen molar-refractivity contribution in [3.05, 3.63) is 0 Å². The maximum atomic E-state index is 12.0. The summed E-state index contributed by atoms with van der Waals surface area (Å²) in [5.41, 5.74) is 0. The summed E-state index contributed by atoms with van der Waals surface area (Å²) in [6, 6.07) is 0. The van der Waals surface area contributed by atoms with Crippen molar-refractivity contribution in [2.75, 3.05) is 30.3 Å². The number of hydrogen-bond acceptors (Lipinski definition) is 6. The van der Waals surface area contributed by atoms with Crippen LogP contribution in [-0.4, -0.2) is 61.1 Å². The van der Waals surface area contributed by atoms with Crippen LogP contribution >= 0.6 is 11.8 Å². The largest absolute Gasteiger partial charge is 0.462 e. The summed E-state index contributed by atoms with van der Waals surface area (Å²) in [6.07, 6.45) is -0.169. The van der Waals surface area contributed by atoms with Crippen LogP contribution in [0.4, 0.5) is 0 Å². The van der Waals surface area contributed by atoms with Crippen LogP contribution in [0.15, 0.2) is 0 Å². The molecule has 5 nitrogen and oxygen atoms in total. The molecule has 1 rings (SSSR count). The Hall–Kier alpha value is -0.270. The first-order valence-corrected chi connectivity index (χ1v) is 8.96. The third kappa shape index (κ3) is 4.44. The SMILES string of the molecule is CCS(=O)(=O)C1CSCCN1CC(=O)OC(C)C. The fourth-order valence-electron chi connectivity index (χ4n) is 1.79. The number of esters is 1. The Kier molecular flexibility index (Phi) is 5.94. The second-order valence-electron chi connectivity index (χ2n) is 4.49. The molecule has 18 heavy (non-hydrogen) atoms. The number of rotatable bonds is 5. The lowest BCUT2D eigenvalue weighted by Crippen LogP contribution is -2.50. The lowest BCUT2D eigenvalue weighted by molar-refractivity contribution is -0.148. The van der Waals surface area contributed by atoms with Crippen molar-refractivity contribution in [2.24, 2.45) is 0 Å². The van der Waals surface area contributed by atoms with Crippen molar-refractivity contribution >= 4 is 27.6 Å². The van der Waals surface area contributed by atoms with Gasteiger partial charge in [-0.2, -0.15) is 11.8 Å². The molecule has 1 fully saturated rings. The molecule has 0 spiro atoms. The first-order valence-electron chi connectivity index (χ1n) is 6.09. The molecule has 0 bridgehead atoms. The minimum absolute atomic E-state index is 0.0582. The van der Waals surface area contributed by atoms with E-state index in [4.69, 9.17) is 4.74 Å². The van der Waals surface area contributed by atoms with E-state index in [1.165, 1.54) is 0 Å². The molecular weight excluding hydrogens is 274 g/mol. The summed E-state index contributed by atoms with van der Waals surface area (Å²) < 4.78 is 29.0. The molecule has 0 radical (unpaired) electrons. The second-order valence-corrected chi connectivity index (χ2v) is 8.09. The summed E-state index contributed by atoms with van der Waals surface area (Å²) in [4.78, 5) is 13.3. The van der Waals surface area contributed by atoms with Gasteiger partial charge in [-0.3, -0.25) is 9.69 Å². The first kappa shape index (κ1) is 15.8. The lowest BCUT2D eigenvalue weighted by atomic mass is 10.4. The van der Waals surface area contributed by atoms with E-state index in [2.05, 4.69) is 0 Å². The summed E-state index contributed by atoms with van der Waals surface area (Å²) in [5.74, 6) is 1.14. The fourth-order valence-corrected chi connectivity index (χ4v) is 4.87. The van der Waals surface area contributed by atoms with Crippen molar-refractivity contribution in [3.63, 3.8) is 0 Å². The highest BCUT2D eigenvalue weighted by atomic mass is 32.2. The van der Waals surface area contributed by atoms with Crippen molar-refractivity contribution in [1.29, 1.82) is 0 Å². The first-order chi connectivity index (χ1) is 8.36. The van der Waals surface area contributed by atoms with Crippen LogP contribution in [-0.2, 0) is 19.4 Å². The minimum Gasteiger partial charge on any atom is -0.462 e. The maximum absolute atomic E-state index is 12.0. The third-order valence-corrected chi connectivity index (χ3v) is 6.04. The lowest BCUT2D eigenvalue weighted by Gasteiger charge is -2.33. The van der Waals surface area contributed by atoms with Gasteiger partial charge in [-0.15, -0.1) is 0 Å². The molecule has 7 heteroatoms. The molecule has 0 aromatic carbocycles. The van der Waals surface area contributed by atoms with Crippen LogP contribution < -0.4 is 0 Å². The van der Waals surface area contributed by atoms with E-state index in [1.807, 2.05) is 0 Å². The Morgan fingerprint density at radius 1 is 1.50 bits per heavy atom. The van der Waals surface area contributed by atoms with Gasteiger partial charge in [0.15, 0.2) is 9.84 Å². The molecule has 0 amide bonds. The zero-order valence-corrected chi connectivity index (χ0v) is 12.7. The average Bonchev–Trinajstić information content (AvgIpc) is 2.28. The molecule has 1 heterocycles. The van der Waals surface area contributed by atoms with Gasteiger partial charge in [0, 0.05) is 23.8 Å². The van der Waals surface area contributed by atoms with Crippen molar-refractivity contribution in [3.8, 4) is 0 Å². The van der Waals surface area contributed by atoms with Crippen molar-refractivity contribution in [2.45, 2.75) is 32.2 Å². The topological polar surface area (TPSA) is 63.7 Å². The Morgan fingerprint density at radius 2 is 2.17 bits per heavy atom. The molecule has 1 aliphatic rings. The van der Waals surface area contributed by atoms with Gasteiger partial charge in [0.1, 0.15) is 5.37 Å². The van der Waals surface area contributed by atoms with Crippen LogP contribution in [0.1, 0.15) is 20.8 Å². The highest BCUT2D eigenvalue weighted by molar-refractivity contribution is 8.01. The summed E-state index contributed by atoms with van der Waals surface area (Å²) in [7, 11) is -3.15. The van der Waals surface area contributed by atoms with Gasteiger partial charge >= 0.3 is 5.97 Å². The van der Waals surface area contributed by atoms with Crippen molar-refractivity contribution < 1.29 is 17.9 Å². The monoisotopic (exact) mass is 295 g/mol. The molecule has 0 aromatic heterocycles. The third-order valence-electron chi connectivity index (χ3n) is 2.71. The minimum atomic E-state index is -3.15. The van der Waals surface area contributed by atoms with E-state index in [0.717, 1.165) is 5.75 Å². The number of hydrogen-bond donors (Lipinski definition) is 0. The zero-order valence-electron chi connectivity index (χ0n) is 11.1. The zero-order chi connectivity index (χ0) is 13.8. The van der Waals surface area contributed by atoms with Crippen LogP contribution in [0.3, 0.4) is 0 Å². The van der Waals surface area contributed by atoms with Gasteiger partial charge < -0.3 is 4.74 Å². The number of nitrogens with zero attached hydrogens (tertiary/aromatic N) is 1. The predicted octanol–water partition coefficient (Wildman–Crippen LogP) is 0.748. The van der Waals surface area contributed by atoms with Crippen LogP contribution in [0.5, 0.6) is 0 Å². The van der Waals surface area contributed by atoms with Gasteiger partial charge in [0.25, 0.3) is 0 Å². The number of sulfone groups is 1. The molecule has 1 atom stereocenters. The quantitative estimate of drug-likeness (QED) is 0.697. The summed E-state index contributed by atoms with van der Waals surface area (Å²) in [5, 5.41) is -0.555. The smallest absolute Gasteiger partial charge is 0.320 e. The predicted molar refractivity (Wildman–Crippen MR) is 73.4 cm³/mol. The Labute approximate surface area is 113 Å². The molecule has 1 unspecified atom stereocenters. The van der Waals surface area contributed by atoms with Gasteiger partial charge in [0.05, 0.1) is 12.6 Å². The number of carbonyl (C=O) groups excluding carboxylic acids is 1. The highest BCUT2D eigenvalue weighted by Crippen LogP contribution is 2.21. The van der Waals surface area contributed by atoms with Crippen LogP contribution in [0.25, 0.3) is 0 Å². The number of thioether (sulfide) groups is 1. The van der Waals surface area contributed by atoms with Gasteiger partial charge in [-0.05, 0) is 13.8 Å². The summed E-state index contributed by atoms with van der Waals surface area (Å²) >= 11 is 1.62. The van der Waals surface area contributed by atoms with Crippen LogP contribution in [0.2, 0.25) is 0 Å². The Bertz CT molecular complexity index is 381. The molecule has 0 saturated carbocycles. The fraction of sp³-hybridized carbons (Fsp3) is 0.909. The van der Waals surface area contributed by atoms with E-state index in [9.17, 15) is 13.2 Å². The molecule has 1 saturated heterocycles. The van der Waals surface area contributed by atoms with E-state index in [-0.39, 0.29) is 24.4 Å². The number of carbonyl (C=O) groups is 1. The highest BCUT2D eigenvalue weighted by Gasteiger charge is 2.34. The van der Waals surface area contributed by atoms with Crippen LogP contribution in [0, 0.1) is 0 Å². The molecule has 106 valence electrons. The maximum Gasteiger partial charge on any atom is 0.320 e. The molecule has 1 aliphatic heterocycles. The molecule has 0 aliphatic carbocycles. The van der Waals surface area contributed by atoms with E-state index < -0.39 is 15.2 Å². The summed E-state index contributed by atoms with van der Waals surface area (Å²) in [6.45, 7) is 5.87. The van der Waals surface area contributed by atoms with E-state index in [0.29, 0.717) is 12.3 Å². The van der Waals surface area contributed by atoms with Gasteiger partial charge in [-0.1, -0.05) is 6.92 Å².